The van der Waals surface area contributed by atoms with Crippen molar-refractivity contribution < 1.29 is 22.7 Å². The lowest BCUT2D eigenvalue weighted by Gasteiger charge is -2.11. The normalized spacial score (nSPS) is 15.6. The fourth-order valence-corrected chi connectivity index (χ4v) is 2.50. The van der Waals surface area contributed by atoms with Gasteiger partial charge in [0.05, 0.1) is 11.3 Å². The first-order valence-corrected chi connectivity index (χ1v) is 7.78. The van der Waals surface area contributed by atoms with Gasteiger partial charge in [0.15, 0.2) is 12.3 Å². The first-order chi connectivity index (χ1) is 12.9. The van der Waals surface area contributed by atoms with Gasteiger partial charge in [0.1, 0.15) is 11.8 Å². The van der Waals surface area contributed by atoms with E-state index in [9.17, 15) is 18.0 Å². The summed E-state index contributed by atoms with van der Waals surface area (Å²) in [4.78, 5) is 12.6. The van der Waals surface area contributed by atoms with E-state index in [1.54, 1.807) is 36.4 Å². The number of carbonyl (C=O) groups is 1. The van der Waals surface area contributed by atoms with Crippen LogP contribution in [0.3, 0.4) is 0 Å². The number of anilines is 1. The highest BCUT2D eigenvalue weighted by Gasteiger charge is 2.46. The topological polar surface area (TPSA) is 65.7 Å². The number of hydrogen-bond acceptors (Lipinski definition) is 4. The van der Waals surface area contributed by atoms with Crippen molar-refractivity contribution in [1.82, 2.24) is 0 Å². The van der Waals surface area contributed by atoms with Gasteiger partial charge >= 0.3 is 6.18 Å². The van der Waals surface area contributed by atoms with Crippen molar-refractivity contribution in [2.24, 2.45) is 5.10 Å². The molecule has 5 nitrogen and oxygen atoms in total. The molecule has 1 aliphatic heterocycles. The van der Waals surface area contributed by atoms with Crippen molar-refractivity contribution in [3.63, 3.8) is 0 Å². The number of alkyl halides is 3. The fourth-order valence-electron chi connectivity index (χ4n) is 2.50. The number of rotatable bonds is 4. The largest absolute Gasteiger partial charge is 0.478 e. The summed E-state index contributed by atoms with van der Waals surface area (Å²) in [5.74, 6) is -0.706. The van der Waals surface area contributed by atoms with Gasteiger partial charge in [-0.1, -0.05) is 36.4 Å². The van der Waals surface area contributed by atoms with Crippen molar-refractivity contribution >= 4 is 23.4 Å². The zero-order valence-corrected chi connectivity index (χ0v) is 13.8. The summed E-state index contributed by atoms with van der Waals surface area (Å²) in [6, 6.07) is 15.8. The molecular formula is C19H12F3N3O2. The number of ether oxygens (including phenoxy) is 1. The lowest BCUT2D eigenvalue weighted by Crippen LogP contribution is -2.25. The minimum atomic E-state index is -4.81. The molecule has 1 aliphatic rings. The van der Waals surface area contributed by atoms with Crippen LogP contribution in [-0.4, -0.2) is 24.4 Å². The summed E-state index contributed by atoms with van der Waals surface area (Å²) in [6.45, 7) is -0.273. The van der Waals surface area contributed by atoms with Gasteiger partial charge in [0.25, 0.3) is 5.91 Å². The molecule has 2 aromatic carbocycles. The van der Waals surface area contributed by atoms with Crippen molar-refractivity contribution in [1.29, 1.82) is 5.26 Å². The van der Waals surface area contributed by atoms with Crippen molar-refractivity contribution in [2.75, 3.05) is 11.6 Å². The molecule has 27 heavy (non-hydrogen) atoms. The molecule has 0 atom stereocenters. The fraction of sp³-hybridized carbons (Fsp3) is 0.105. The predicted molar refractivity (Wildman–Crippen MR) is 92.9 cm³/mol. The second-order valence-corrected chi connectivity index (χ2v) is 5.44. The van der Waals surface area contributed by atoms with Crippen LogP contribution in [0.15, 0.2) is 65.3 Å². The molecule has 136 valence electrons. The molecule has 2 aromatic rings. The van der Waals surface area contributed by atoms with Crippen LogP contribution in [0.5, 0.6) is 5.75 Å². The molecule has 0 bridgehead atoms. The number of halogens is 3. The highest BCUT2D eigenvalue weighted by molar-refractivity contribution is 6.34. The van der Waals surface area contributed by atoms with E-state index in [0.29, 0.717) is 5.01 Å². The van der Waals surface area contributed by atoms with Crippen LogP contribution in [0, 0.1) is 11.3 Å². The third kappa shape index (κ3) is 3.82. The average molecular weight is 371 g/mol. The Labute approximate surface area is 152 Å². The van der Waals surface area contributed by atoms with Crippen LogP contribution in [0.4, 0.5) is 18.9 Å². The summed E-state index contributed by atoms with van der Waals surface area (Å²) < 4.78 is 45.6. The van der Waals surface area contributed by atoms with Gasteiger partial charge in [0, 0.05) is 5.56 Å². The number of hydrogen-bond donors (Lipinski definition) is 0. The number of carbonyl (C=O) groups excluding carboxylic acids is 1. The Bertz CT molecular complexity index is 960. The Balaban J connectivity index is 2.07. The Morgan fingerprint density at radius 3 is 2.44 bits per heavy atom. The number of para-hydroxylation sites is 2. The lowest BCUT2D eigenvalue weighted by atomic mass is 10.1. The Kier molecular flexibility index (Phi) is 4.94. The van der Waals surface area contributed by atoms with Crippen molar-refractivity contribution in [3.05, 3.63) is 65.7 Å². The standard InChI is InChI=1S/C19H12F3N3O2/c20-19(21,22)17-15(12-13-6-4-5-9-16(13)27-11-10-23)18(26)25(24-17)14-7-2-1-3-8-14/h1-9,12H,11H2/b15-12-. The minimum Gasteiger partial charge on any atom is -0.478 e. The Morgan fingerprint density at radius 1 is 1.11 bits per heavy atom. The van der Waals surface area contributed by atoms with E-state index in [4.69, 9.17) is 10.00 Å². The van der Waals surface area contributed by atoms with Gasteiger partial charge in [-0.15, -0.1) is 0 Å². The molecule has 0 spiro atoms. The number of amides is 1. The molecule has 0 fully saturated rings. The van der Waals surface area contributed by atoms with Crippen molar-refractivity contribution in [2.45, 2.75) is 6.18 Å². The minimum absolute atomic E-state index is 0.194. The quantitative estimate of drug-likeness (QED) is 0.765. The van der Waals surface area contributed by atoms with E-state index in [-0.39, 0.29) is 23.6 Å². The van der Waals surface area contributed by atoms with Crippen LogP contribution in [-0.2, 0) is 4.79 Å². The van der Waals surface area contributed by atoms with Gasteiger partial charge in [-0.3, -0.25) is 4.79 Å². The van der Waals surface area contributed by atoms with Gasteiger partial charge < -0.3 is 4.74 Å². The van der Waals surface area contributed by atoms with Crippen LogP contribution in [0.2, 0.25) is 0 Å². The molecule has 3 rings (SSSR count). The van der Waals surface area contributed by atoms with Gasteiger partial charge in [-0.25, -0.2) is 0 Å². The second kappa shape index (κ2) is 7.33. The van der Waals surface area contributed by atoms with Crippen LogP contribution in [0.25, 0.3) is 6.08 Å². The molecule has 8 heteroatoms. The first-order valence-electron chi connectivity index (χ1n) is 7.78. The molecule has 0 saturated heterocycles. The monoisotopic (exact) mass is 371 g/mol. The van der Waals surface area contributed by atoms with E-state index in [1.807, 2.05) is 0 Å². The maximum Gasteiger partial charge on any atom is 0.435 e. The molecule has 1 heterocycles. The number of nitriles is 1. The van der Waals surface area contributed by atoms with E-state index in [2.05, 4.69) is 5.10 Å². The van der Waals surface area contributed by atoms with Crippen LogP contribution in [0.1, 0.15) is 5.56 Å². The molecule has 0 aliphatic carbocycles. The molecule has 1 amide bonds. The van der Waals surface area contributed by atoms with Gasteiger partial charge in [-0.05, 0) is 24.3 Å². The maximum absolute atomic E-state index is 13.5. The van der Waals surface area contributed by atoms with Gasteiger partial charge in [0.2, 0.25) is 0 Å². The summed E-state index contributed by atoms with van der Waals surface area (Å²) in [5.41, 5.74) is -1.42. The van der Waals surface area contributed by atoms with Gasteiger partial charge in [-0.2, -0.15) is 28.5 Å². The van der Waals surface area contributed by atoms with Crippen molar-refractivity contribution in [3.8, 4) is 11.8 Å². The number of nitrogens with zero attached hydrogens (tertiary/aromatic N) is 3. The zero-order chi connectivity index (χ0) is 19.4. The van der Waals surface area contributed by atoms with E-state index < -0.39 is 23.4 Å². The smallest absolute Gasteiger partial charge is 0.435 e. The third-order valence-electron chi connectivity index (χ3n) is 3.66. The number of hydrazone groups is 1. The lowest BCUT2D eigenvalue weighted by molar-refractivity contribution is -0.114. The highest BCUT2D eigenvalue weighted by Crippen LogP contribution is 2.33. The zero-order valence-electron chi connectivity index (χ0n) is 13.8. The maximum atomic E-state index is 13.5. The molecule has 0 N–H and O–H groups in total. The summed E-state index contributed by atoms with van der Waals surface area (Å²) in [7, 11) is 0. The molecule has 0 radical (unpaired) electrons. The molecular weight excluding hydrogens is 359 g/mol. The Hall–Kier alpha value is -3.60. The number of benzene rings is 2. The van der Waals surface area contributed by atoms with Crippen LogP contribution >= 0.6 is 0 Å². The van der Waals surface area contributed by atoms with E-state index in [1.165, 1.54) is 24.3 Å². The molecule has 0 saturated carbocycles. The third-order valence-corrected chi connectivity index (χ3v) is 3.66. The average Bonchev–Trinajstić information content (AvgIpc) is 2.98. The summed E-state index contributed by atoms with van der Waals surface area (Å²) in [5, 5.41) is 12.8. The molecule has 0 aromatic heterocycles. The van der Waals surface area contributed by atoms with Crippen LogP contribution < -0.4 is 9.75 Å². The summed E-state index contributed by atoms with van der Waals surface area (Å²) in [6.07, 6.45) is -3.74. The second-order valence-electron chi connectivity index (χ2n) is 5.44. The van der Waals surface area contributed by atoms with E-state index in [0.717, 1.165) is 6.08 Å². The highest BCUT2D eigenvalue weighted by atomic mass is 19.4. The first kappa shape index (κ1) is 18.2. The molecule has 0 unspecified atom stereocenters. The summed E-state index contributed by atoms with van der Waals surface area (Å²) >= 11 is 0. The predicted octanol–water partition coefficient (Wildman–Crippen LogP) is 3.94. The Morgan fingerprint density at radius 2 is 1.78 bits per heavy atom. The van der Waals surface area contributed by atoms with E-state index >= 15 is 0 Å². The SMILES string of the molecule is N#CCOc1ccccc1/C=C1\C(=O)N(c2ccccc2)N=C1C(F)(F)F.